The van der Waals surface area contributed by atoms with Crippen molar-refractivity contribution in [2.24, 2.45) is 0 Å². The van der Waals surface area contributed by atoms with Crippen molar-refractivity contribution in [2.75, 3.05) is 32.8 Å². The molecular weight excluding hydrogens is 330 g/mol. The van der Waals surface area contributed by atoms with Crippen LogP contribution in [0.5, 0.6) is 5.75 Å². The van der Waals surface area contributed by atoms with Crippen molar-refractivity contribution in [3.8, 4) is 5.75 Å². The molecule has 25 heavy (non-hydrogen) atoms. The monoisotopic (exact) mass is 353 g/mol. The van der Waals surface area contributed by atoms with Gasteiger partial charge in [0.15, 0.2) is 0 Å². The largest absolute Gasteiger partial charge is 0.494 e. The van der Waals surface area contributed by atoms with Crippen LogP contribution < -0.4 is 10.1 Å². The third-order valence-electron chi connectivity index (χ3n) is 3.26. The van der Waals surface area contributed by atoms with Gasteiger partial charge in [-0.1, -0.05) is 13.8 Å². The summed E-state index contributed by atoms with van der Waals surface area (Å²) in [6.45, 7) is 8.12. The fourth-order valence-electron chi connectivity index (χ4n) is 2.19. The maximum atomic E-state index is 12.1. The fourth-order valence-corrected chi connectivity index (χ4v) is 2.19. The second kappa shape index (κ2) is 10.2. The molecule has 9 nitrogen and oxygen atoms in total. The van der Waals surface area contributed by atoms with Gasteiger partial charge in [0.2, 0.25) is 0 Å². The van der Waals surface area contributed by atoms with E-state index in [1.165, 1.54) is 12.1 Å². The Labute approximate surface area is 146 Å². The van der Waals surface area contributed by atoms with Crippen molar-refractivity contribution in [3.63, 3.8) is 0 Å². The second-order valence-corrected chi connectivity index (χ2v) is 4.92. The number of imide groups is 1. The minimum atomic E-state index is -0.967. The van der Waals surface area contributed by atoms with E-state index in [1.807, 2.05) is 0 Å². The standard InChI is InChI=1S/C12H12N2O6.C4H11N/c1-2-19-8-3-4-9-10(7-8)12(16)13(11(9)15)5-6-20-14(17)18;1-3-5-4-2/h3-4,7H,2,5-6H2,1H3;5H,3-4H2,1-2H3. The van der Waals surface area contributed by atoms with E-state index in [9.17, 15) is 19.7 Å². The first-order valence-corrected chi connectivity index (χ1v) is 8.07. The summed E-state index contributed by atoms with van der Waals surface area (Å²) in [5.41, 5.74) is 0.501. The molecule has 1 aliphatic rings. The summed E-state index contributed by atoms with van der Waals surface area (Å²) >= 11 is 0. The molecule has 1 N–H and O–H groups in total. The van der Waals surface area contributed by atoms with Crippen LogP contribution in [-0.4, -0.2) is 54.6 Å². The zero-order chi connectivity index (χ0) is 18.8. The molecule has 0 unspecified atom stereocenters. The molecule has 2 amide bonds. The van der Waals surface area contributed by atoms with Crippen LogP contribution in [0.1, 0.15) is 41.5 Å². The normalized spacial score (nSPS) is 12.4. The number of fused-ring (bicyclic) bond motifs is 1. The zero-order valence-electron chi connectivity index (χ0n) is 14.6. The Kier molecular flexibility index (Phi) is 8.34. The highest BCUT2D eigenvalue weighted by atomic mass is 16.9. The molecule has 9 heteroatoms. The summed E-state index contributed by atoms with van der Waals surface area (Å²) in [5, 5.41) is 12.2. The Morgan fingerprint density at radius 2 is 1.76 bits per heavy atom. The molecule has 0 atom stereocenters. The number of ether oxygens (including phenoxy) is 1. The summed E-state index contributed by atoms with van der Waals surface area (Å²) in [7, 11) is 0. The molecular formula is C16H23N3O6. The first-order chi connectivity index (χ1) is 12.0. The Morgan fingerprint density at radius 3 is 2.28 bits per heavy atom. The van der Waals surface area contributed by atoms with E-state index in [1.54, 1.807) is 13.0 Å². The van der Waals surface area contributed by atoms with Crippen molar-refractivity contribution < 1.29 is 24.3 Å². The number of nitrogens with one attached hydrogen (secondary N) is 1. The van der Waals surface area contributed by atoms with Gasteiger partial charge >= 0.3 is 0 Å². The SMILES string of the molecule is CCNCC.CCOc1ccc2c(c1)C(=O)N(CCO[N+](=O)[O-])C2=O. The molecule has 0 aromatic heterocycles. The van der Waals surface area contributed by atoms with Gasteiger partial charge < -0.3 is 14.9 Å². The van der Waals surface area contributed by atoms with Crippen LogP contribution in [0.3, 0.4) is 0 Å². The first-order valence-electron chi connectivity index (χ1n) is 8.07. The molecule has 2 rings (SSSR count). The average molecular weight is 353 g/mol. The average Bonchev–Trinajstić information content (AvgIpc) is 2.81. The lowest BCUT2D eigenvalue weighted by molar-refractivity contribution is -0.757. The second-order valence-electron chi connectivity index (χ2n) is 4.92. The Balaban J connectivity index is 0.000000550. The Morgan fingerprint density at radius 1 is 1.12 bits per heavy atom. The quantitative estimate of drug-likeness (QED) is 0.428. The minimum Gasteiger partial charge on any atom is -0.494 e. The van der Waals surface area contributed by atoms with Gasteiger partial charge in [0.05, 0.1) is 24.3 Å². The lowest BCUT2D eigenvalue weighted by Gasteiger charge is -2.12. The van der Waals surface area contributed by atoms with Crippen LogP contribution in [0.25, 0.3) is 0 Å². The van der Waals surface area contributed by atoms with Crippen LogP contribution >= 0.6 is 0 Å². The number of amides is 2. The first kappa shape index (κ1) is 20.4. The van der Waals surface area contributed by atoms with E-state index in [4.69, 9.17) is 4.74 Å². The highest BCUT2D eigenvalue weighted by Crippen LogP contribution is 2.26. The topological polar surface area (TPSA) is 111 Å². The lowest BCUT2D eigenvalue weighted by Crippen LogP contribution is -2.33. The number of hydrogen-bond donors (Lipinski definition) is 1. The van der Waals surface area contributed by atoms with Crippen LogP contribution in [0.4, 0.5) is 0 Å². The van der Waals surface area contributed by atoms with Gasteiger partial charge in [-0.15, -0.1) is 10.1 Å². The number of rotatable bonds is 8. The molecule has 0 saturated carbocycles. The summed E-state index contributed by atoms with van der Waals surface area (Å²) in [4.78, 5) is 39.1. The molecule has 1 aromatic rings. The molecule has 0 fully saturated rings. The van der Waals surface area contributed by atoms with Gasteiger partial charge in [-0.2, -0.15) is 0 Å². The van der Waals surface area contributed by atoms with Gasteiger partial charge in [0.25, 0.3) is 16.9 Å². The van der Waals surface area contributed by atoms with Crippen molar-refractivity contribution in [1.29, 1.82) is 0 Å². The summed E-state index contributed by atoms with van der Waals surface area (Å²) < 4.78 is 5.27. The maximum absolute atomic E-state index is 12.1. The maximum Gasteiger partial charge on any atom is 0.294 e. The van der Waals surface area contributed by atoms with Crippen molar-refractivity contribution in [2.45, 2.75) is 20.8 Å². The van der Waals surface area contributed by atoms with E-state index >= 15 is 0 Å². The number of carbonyl (C=O) groups is 2. The minimum absolute atomic E-state index is 0.169. The molecule has 0 bridgehead atoms. The number of carbonyl (C=O) groups excluding carboxylic acids is 2. The van der Waals surface area contributed by atoms with Gasteiger partial charge in [0, 0.05) is 0 Å². The van der Waals surface area contributed by atoms with Gasteiger partial charge in [0.1, 0.15) is 12.4 Å². The predicted octanol–water partition coefficient (Wildman–Crippen LogP) is 1.51. The van der Waals surface area contributed by atoms with Gasteiger partial charge in [-0.25, -0.2) is 0 Å². The molecule has 138 valence electrons. The number of hydrogen-bond acceptors (Lipinski definition) is 7. The van der Waals surface area contributed by atoms with Crippen LogP contribution in [0, 0.1) is 10.1 Å². The fraction of sp³-hybridized carbons (Fsp3) is 0.500. The molecule has 0 radical (unpaired) electrons. The molecule has 1 aromatic carbocycles. The third kappa shape index (κ3) is 5.71. The molecule has 1 heterocycles. The van der Waals surface area contributed by atoms with Crippen molar-refractivity contribution in [1.82, 2.24) is 10.2 Å². The van der Waals surface area contributed by atoms with Crippen molar-refractivity contribution in [3.05, 3.63) is 39.4 Å². The highest BCUT2D eigenvalue weighted by Gasteiger charge is 2.35. The van der Waals surface area contributed by atoms with E-state index in [-0.39, 0.29) is 24.3 Å². The molecule has 0 aliphatic carbocycles. The van der Waals surface area contributed by atoms with E-state index in [0.29, 0.717) is 12.4 Å². The van der Waals surface area contributed by atoms with Crippen molar-refractivity contribution >= 4 is 11.8 Å². The molecule has 0 spiro atoms. The Hall–Kier alpha value is -2.68. The zero-order valence-corrected chi connectivity index (χ0v) is 14.6. The Bertz CT molecular complexity index is 618. The summed E-state index contributed by atoms with van der Waals surface area (Å²) in [6, 6.07) is 4.60. The lowest BCUT2D eigenvalue weighted by atomic mass is 10.1. The smallest absolute Gasteiger partial charge is 0.294 e. The highest BCUT2D eigenvalue weighted by molar-refractivity contribution is 6.21. The number of nitrogens with zero attached hydrogens (tertiary/aromatic N) is 2. The van der Waals surface area contributed by atoms with E-state index < -0.39 is 16.9 Å². The van der Waals surface area contributed by atoms with Crippen LogP contribution in [0.2, 0.25) is 0 Å². The number of benzene rings is 1. The summed E-state index contributed by atoms with van der Waals surface area (Å²) in [6.07, 6.45) is 0. The van der Waals surface area contributed by atoms with Gasteiger partial charge in [-0.3, -0.25) is 14.5 Å². The van der Waals surface area contributed by atoms with Crippen LogP contribution in [0.15, 0.2) is 18.2 Å². The molecule has 0 saturated heterocycles. The molecule has 1 aliphatic heterocycles. The van der Waals surface area contributed by atoms with Gasteiger partial charge in [-0.05, 0) is 38.2 Å². The predicted molar refractivity (Wildman–Crippen MR) is 90.1 cm³/mol. The summed E-state index contributed by atoms with van der Waals surface area (Å²) in [5.74, 6) is -0.491. The van der Waals surface area contributed by atoms with E-state index in [0.717, 1.165) is 18.0 Å². The van der Waals surface area contributed by atoms with E-state index in [2.05, 4.69) is 24.0 Å². The van der Waals surface area contributed by atoms with Crippen LogP contribution in [-0.2, 0) is 4.84 Å². The third-order valence-corrected chi connectivity index (χ3v) is 3.26.